The van der Waals surface area contributed by atoms with Crippen LogP contribution in [0.4, 0.5) is 0 Å². The van der Waals surface area contributed by atoms with Gasteiger partial charge in [0.25, 0.3) is 9.05 Å². The van der Waals surface area contributed by atoms with Gasteiger partial charge in [0.2, 0.25) is 9.84 Å². The SMILES string of the molecule is O=S(=O)(Cl)c1cccc2c1S(=O)(=O)C=C2. The molecule has 0 spiro atoms. The van der Waals surface area contributed by atoms with Gasteiger partial charge < -0.3 is 0 Å². The van der Waals surface area contributed by atoms with Crippen LogP contribution >= 0.6 is 10.7 Å². The van der Waals surface area contributed by atoms with Gasteiger partial charge in [0.15, 0.2) is 0 Å². The molecule has 0 saturated heterocycles. The van der Waals surface area contributed by atoms with Crippen LogP contribution in [0.15, 0.2) is 33.4 Å². The van der Waals surface area contributed by atoms with E-state index >= 15 is 0 Å². The molecule has 0 saturated carbocycles. The fraction of sp³-hybridized carbons (Fsp3) is 0. The van der Waals surface area contributed by atoms with Gasteiger partial charge in [-0.25, -0.2) is 16.8 Å². The van der Waals surface area contributed by atoms with Gasteiger partial charge in [0.1, 0.15) is 4.90 Å². The summed E-state index contributed by atoms with van der Waals surface area (Å²) in [6.45, 7) is 0. The second-order valence-corrected chi connectivity index (χ2v) is 7.26. The van der Waals surface area contributed by atoms with Crippen molar-refractivity contribution in [3.63, 3.8) is 0 Å². The predicted molar refractivity (Wildman–Crippen MR) is 55.7 cm³/mol. The molecule has 4 nitrogen and oxygen atoms in total. The first-order valence-electron chi connectivity index (χ1n) is 3.83. The smallest absolute Gasteiger partial charge is 0.219 e. The van der Waals surface area contributed by atoms with Gasteiger partial charge in [-0.15, -0.1) is 0 Å². The molecule has 0 amide bonds. The molecule has 80 valence electrons. The molecular weight excluding hydrogens is 260 g/mol. The summed E-state index contributed by atoms with van der Waals surface area (Å²) in [4.78, 5) is -0.605. The zero-order valence-electron chi connectivity index (χ0n) is 7.21. The average Bonchev–Trinajstić information content (AvgIpc) is 2.41. The van der Waals surface area contributed by atoms with Crippen LogP contribution in [-0.4, -0.2) is 16.8 Å². The fourth-order valence-electron chi connectivity index (χ4n) is 1.39. The zero-order chi connectivity index (χ0) is 11.3. The van der Waals surface area contributed by atoms with E-state index in [4.69, 9.17) is 10.7 Å². The Bertz CT molecular complexity index is 656. The highest BCUT2D eigenvalue weighted by atomic mass is 35.7. The Hall–Kier alpha value is -0.850. The van der Waals surface area contributed by atoms with Gasteiger partial charge in [0.05, 0.1) is 4.90 Å². The molecule has 0 N–H and O–H groups in total. The van der Waals surface area contributed by atoms with Crippen molar-refractivity contribution in [2.24, 2.45) is 0 Å². The molecule has 1 aliphatic heterocycles. The van der Waals surface area contributed by atoms with Gasteiger partial charge >= 0.3 is 0 Å². The molecule has 15 heavy (non-hydrogen) atoms. The van der Waals surface area contributed by atoms with E-state index in [1.165, 1.54) is 24.3 Å². The monoisotopic (exact) mass is 264 g/mol. The summed E-state index contributed by atoms with van der Waals surface area (Å²) in [6, 6.07) is 4.13. The van der Waals surface area contributed by atoms with E-state index in [-0.39, 0.29) is 9.79 Å². The molecule has 0 aliphatic carbocycles. The van der Waals surface area contributed by atoms with Crippen LogP contribution in [0.1, 0.15) is 5.56 Å². The standard InChI is InChI=1S/C8H5ClO4S2/c9-15(12,13)7-3-1-2-6-4-5-14(10,11)8(6)7/h1-5H. The molecule has 1 aromatic rings. The average molecular weight is 265 g/mol. The van der Waals surface area contributed by atoms with Crippen molar-refractivity contribution in [2.75, 3.05) is 0 Å². The van der Waals surface area contributed by atoms with E-state index in [0.29, 0.717) is 5.56 Å². The molecule has 2 rings (SSSR count). The van der Waals surface area contributed by atoms with E-state index < -0.39 is 18.9 Å². The first-order valence-corrected chi connectivity index (χ1v) is 7.69. The molecule has 0 atom stereocenters. The lowest BCUT2D eigenvalue weighted by Crippen LogP contribution is -2.02. The van der Waals surface area contributed by atoms with E-state index in [2.05, 4.69) is 0 Å². The number of hydrogen-bond donors (Lipinski definition) is 0. The topological polar surface area (TPSA) is 68.3 Å². The minimum absolute atomic E-state index is 0.236. The minimum atomic E-state index is -4.05. The summed E-state index contributed by atoms with van der Waals surface area (Å²) < 4.78 is 45.3. The molecule has 0 aromatic heterocycles. The lowest BCUT2D eigenvalue weighted by atomic mass is 10.2. The highest BCUT2D eigenvalue weighted by Gasteiger charge is 2.29. The van der Waals surface area contributed by atoms with Crippen molar-refractivity contribution in [1.29, 1.82) is 0 Å². The van der Waals surface area contributed by atoms with Crippen molar-refractivity contribution in [2.45, 2.75) is 9.79 Å². The Morgan fingerprint density at radius 3 is 2.47 bits per heavy atom. The Morgan fingerprint density at radius 1 is 1.20 bits per heavy atom. The quantitative estimate of drug-likeness (QED) is 0.719. The Kier molecular flexibility index (Phi) is 2.18. The first kappa shape index (κ1) is 10.7. The van der Waals surface area contributed by atoms with Crippen molar-refractivity contribution < 1.29 is 16.8 Å². The molecular formula is C8H5ClO4S2. The van der Waals surface area contributed by atoms with Gasteiger partial charge in [-0.1, -0.05) is 12.1 Å². The summed E-state index contributed by atoms with van der Waals surface area (Å²) in [5.74, 6) is 0. The molecule has 0 bridgehead atoms. The molecule has 1 aliphatic rings. The second-order valence-electron chi connectivity index (χ2n) is 2.96. The van der Waals surface area contributed by atoms with E-state index in [1.54, 1.807) is 0 Å². The van der Waals surface area contributed by atoms with Crippen molar-refractivity contribution in [1.82, 2.24) is 0 Å². The highest BCUT2D eigenvalue weighted by Crippen LogP contribution is 2.33. The number of benzene rings is 1. The van der Waals surface area contributed by atoms with Crippen LogP contribution in [0.25, 0.3) is 6.08 Å². The third kappa shape index (κ3) is 1.68. The number of rotatable bonds is 1. The Morgan fingerprint density at radius 2 is 1.87 bits per heavy atom. The summed E-state index contributed by atoms with van der Waals surface area (Å²) >= 11 is 0. The molecule has 0 fully saturated rings. The van der Waals surface area contributed by atoms with E-state index in [1.807, 2.05) is 0 Å². The van der Waals surface area contributed by atoms with Gasteiger partial charge in [-0.05, 0) is 17.7 Å². The first-order chi connectivity index (χ1) is 6.82. The maximum absolute atomic E-state index is 11.5. The number of halogens is 1. The Labute approximate surface area is 91.5 Å². The lowest BCUT2D eigenvalue weighted by Gasteiger charge is -2.03. The zero-order valence-corrected chi connectivity index (χ0v) is 9.60. The van der Waals surface area contributed by atoms with Crippen LogP contribution in [0.2, 0.25) is 0 Å². The summed E-state index contributed by atoms with van der Waals surface area (Å²) in [6.07, 6.45) is 1.34. The van der Waals surface area contributed by atoms with Crippen LogP contribution in [-0.2, 0) is 18.9 Å². The van der Waals surface area contributed by atoms with Crippen LogP contribution in [0, 0.1) is 0 Å². The third-order valence-corrected chi connectivity index (χ3v) is 5.00. The van der Waals surface area contributed by atoms with Crippen molar-refractivity contribution in [3.8, 4) is 0 Å². The van der Waals surface area contributed by atoms with Crippen molar-refractivity contribution in [3.05, 3.63) is 29.2 Å². The second kappa shape index (κ2) is 3.07. The molecule has 0 unspecified atom stereocenters. The minimum Gasteiger partial charge on any atom is -0.219 e. The van der Waals surface area contributed by atoms with Gasteiger partial charge in [-0.2, -0.15) is 0 Å². The molecule has 1 aromatic carbocycles. The molecule has 0 radical (unpaired) electrons. The summed E-state index contributed by atoms with van der Waals surface area (Å²) in [5.41, 5.74) is 0.344. The highest BCUT2D eigenvalue weighted by molar-refractivity contribution is 8.14. The van der Waals surface area contributed by atoms with Crippen LogP contribution in [0.3, 0.4) is 0 Å². The summed E-state index contributed by atoms with van der Waals surface area (Å²) in [5, 5.41) is 0.962. The number of hydrogen-bond acceptors (Lipinski definition) is 4. The van der Waals surface area contributed by atoms with Gasteiger partial charge in [0, 0.05) is 16.1 Å². The number of fused-ring (bicyclic) bond motifs is 1. The predicted octanol–water partition coefficient (Wildman–Crippen LogP) is 1.37. The fourth-order valence-corrected chi connectivity index (χ4v) is 4.45. The maximum Gasteiger partial charge on any atom is 0.262 e. The number of sulfone groups is 1. The lowest BCUT2D eigenvalue weighted by molar-refractivity contribution is 0.595. The van der Waals surface area contributed by atoms with Crippen LogP contribution in [0.5, 0.6) is 0 Å². The van der Waals surface area contributed by atoms with E-state index in [9.17, 15) is 16.8 Å². The third-order valence-electron chi connectivity index (χ3n) is 1.98. The van der Waals surface area contributed by atoms with Crippen LogP contribution < -0.4 is 0 Å². The normalized spacial score (nSPS) is 17.7. The maximum atomic E-state index is 11.5. The van der Waals surface area contributed by atoms with Gasteiger partial charge in [-0.3, -0.25) is 0 Å². The largest absolute Gasteiger partial charge is 0.262 e. The molecule has 7 heteroatoms. The molecule has 1 heterocycles. The summed E-state index contributed by atoms with van der Waals surface area (Å²) in [7, 11) is -2.56. The van der Waals surface area contributed by atoms with Crippen molar-refractivity contribution >= 4 is 35.6 Å². The van der Waals surface area contributed by atoms with E-state index in [0.717, 1.165) is 5.41 Å². The Balaban J connectivity index is 2.92.